The molecule has 0 aromatic heterocycles. The second-order valence-corrected chi connectivity index (χ2v) is 5.56. The molecule has 0 spiro atoms. The van der Waals surface area contributed by atoms with Gasteiger partial charge in [-0.1, -0.05) is 32.0 Å². The molecular weight excluding hydrogens is 234 g/mol. The summed E-state index contributed by atoms with van der Waals surface area (Å²) in [6.07, 6.45) is 1.23. The lowest BCUT2D eigenvalue weighted by molar-refractivity contribution is -0.0286. The second-order valence-electron chi connectivity index (χ2n) is 5.56. The minimum absolute atomic E-state index is 0.00385. The minimum atomic E-state index is -2.72. The maximum Gasteiger partial charge on any atom is 0.276 e. The molecule has 3 heteroatoms. The highest BCUT2D eigenvalue weighted by Gasteiger charge is 2.47. The maximum absolute atomic E-state index is 14.0. The quantitative estimate of drug-likeness (QED) is 0.844. The molecule has 0 saturated heterocycles. The van der Waals surface area contributed by atoms with Crippen molar-refractivity contribution in [3.8, 4) is 0 Å². The van der Waals surface area contributed by atoms with Gasteiger partial charge in [0.25, 0.3) is 5.92 Å². The Morgan fingerprint density at radius 3 is 2.50 bits per heavy atom. The smallest absolute Gasteiger partial charge is 0.276 e. The van der Waals surface area contributed by atoms with Crippen molar-refractivity contribution in [2.24, 2.45) is 11.8 Å². The summed E-state index contributed by atoms with van der Waals surface area (Å²) >= 11 is 0. The van der Waals surface area contributed by atoms with Crippen LogP contribution in [0, 0.1) is 11.8 Å². The Morgan fingerprint density at radius 2 is 2.00 bits per heavy atom. The highest BCUT2D eigenvalue weighted by atomic mass is 19.3. The first-order chi connectivity index (χ1) is 8.46. The van der Waals surface area contributed by atoms with Crippen LogP contribution in [0.5, 0.6) is 0 Å². The van der Waals surface area contributed by atoms with Crippen LogP contribution in [0.15, 0.2) is 24.3 Å². The van der Waals surface area contributed by atoms with Gasteiger partial charge in [-0.15, -0.1) is 0 Å². The van der Waals surface area contributed by atoms with E-state index in [0.29, 0.717) is 12.8 Å². The van der Waals surface area contributed by atoms with E-state index in [-0.39, 0.29) is 24.0 Å². The Kier molecular flexibility index (Phi) is 3.71. The molecule has 1 saturated carbocycles. The first-order valence-electron chi connectivity index (χ1n) is 6.56. The zero-order valence-electron chi connectivity index (χ0n) is 10.9. The van der Waals surface area contributed by atoms with Crippen LogP contribution in [0.25, 0.3) is 0 Å². The van der Waals surface area contributed by atoms with Gasteiger partial charge in [0.15, 0.2) is 0 Å². The normalized spacial score (nSPS) is 18.1. The number of halogens is 2. The van der Waals surface area contributed by atoms with Crippen LogP contribution in [-0.2, 0) is 5.92 Å². The first kappa shape index (κ1) is 13.5. The number of alkyl halides is 2. The van der Waals surface area contributed by atoms with Gasteiger partial charge in [0.05, 0.1) is 6.61 Å². The Morgan fingerprint density at radius 1 is 1.33 bits per heavy atom. The summed E-state index contributed by atoms with van der Waals surface area (Å²) in [5, 5.41) is 9.38. The van der Waals surface area contributed by atoms with Gasteiger partial charge in [0.2, 0.25) is 0 Å². The molecule has 1 nitrogen and oxygen atoms in total. The van der Waals surface area contributed by atoms with Crippen molar-refractivity contribution in [1.29, 1.82) is 0 Å². The van der Waals surface area contributed by atoms with Crippen molar-refractivity contribution in [1.82, 2.24) is 0 Å². The number of aliphatic hydroxyl groups is 1. The van der Waals surface area contributed by atoms with Crippen LogP contribution in [0.3, 0.4) is 0 Å². The lowest BCUT2D eigenvalue weighted by atomic mass is 9.87. The van der Waals surface area contributed by atoms with E-state index in [1.54, 1.807) is 12.1 Å². The molecule has 0 radical (unpaired) electrons. The highest BCUT2D eigenvalue weighted by Crippen LogP contribution is 2.49. The number of hydrogen-bond acceptors (Lipinski definition) is 1. The summed E-state index contributed by atoms with van der Waals surface area (Å²) in [5.41, 5.74) is 0.909. The van der Waals surface area contributed by atoms with Crippen LogP contribution in [-0.4, -0.2) is 11.7 Å². The molecule has 1 fully saturated rings. The molecule has 1 aliphatic carbocycles. The summed E-state index contributed by atoms with van der Waals surface area (Å²) in [6, 6.07) is 6.56. The predicted octanol–water partition coefficient (Wildman–Crippen LogP) is 3.92. The first-order valence-corrected chi connectivity index (χ1v) is 6.56. The van der Waals surface area contributed by atoms with E-state index in [2.05, 4.69) is 0 Å². The summed E-state index contributed by atoms with van der Waals surface area (Å²) < 4.78 is 28.1. The van der Waals surface area contributed by atoms with E-state index in [4.69, 9.17) is 0 Å². The molecule has 1 unspecified atom stereocenters. The maximum atomic E-state index is 14.0. The van der Waals surface area contributed by atoms with Crippen molar-refractivity contribution < 1.29 is 13.9 Å². The van der Waals surface area contributed by atoms with Gasteiger partial charge >= 0.3 is 0 Å². The molecule has 0 aliphatic heterocycles. The van der Waals surface area contributed by atoms with Gasteiger partial charge < -0.3 is 5.11 Å². The largest absolute Gasteiger partial charge is 0.396 e. The Labute approximate surface area is 107 Å². The van der Waals surface area contributed by atoms with Crippen molar-refractivity contribution in [2.45, 2.75) is 38.5 Å². The van der Waals surface area contributed by atoms with Crippen LogP contribution in [0.4, 0.5) is 8.78 Å². The Balaban J connectivity index is 2.29. The van der Waals surface area contributed by atoms with Gasteiger partial charge in [0, 0.05) is 17.4 Å². The molecule has 1 aromatic carbocycles. The van der Waals surface area contributed by atoms with Gasteiger partial charge in [-0.05, 0) is 30.4 Å². The van der Waals surface area contributed by atoms with E-state index in [9.17, 15) is 13.9 Å². The van der Waals surface area contributed by atoms with Gasteiger partial charge in [-0.3, -0.25) is 0 Å². The average molecular weight is 254 g/mol. The van der Waals surface area contributed by atoms with E-state index in [1.807, 2.05) is 19.9 Å². The predicted molar refractivity (Wildman–Crippen MR) is 67.7 cm³/mol. The van der Waals surface area contributed by atoms with Crippen LogP contribution in [0.2, 0.25) is 0 Å². The SMILES string of the molecule is CC(C)C(CO)c1cccc(C(F)(F)C2CC2)c1. The van der Waals surface area contributed by atoms with Gasteiger partial charge in [-0.2, -0.15) is 0 Å². The standard InChI is InChI=1S/C15H20F2O/c1-10(2)14(9-18)11-4-3-5-13(8-11)15(16,17)12-6-7-12/h3-5,8,10,12,14,18H,6-7,9H2,1-2H3. The average Bonchev–Trinajstić information content (AvgIpc) is 3.14. The number of rotatable bonds is 5. The summed E-state index contributed by atoms with van der Waals surface area (Å²) in [4.78, 5) is 0. The van der Waals surface area contributed by atoms with Gasteiger partial charge in [-0.25, -0.2) is 8.78 Å². The highest BCUT2D eigenvalue weighted by molar-refractivity contribution is 5.31. The number of benzene rings is 1. The molecule has 1 N–H and O–H groups in total. The van der Waals surface area contributed by atoms with Crippen LogP contribution < -0.4 is 0 Å². The molecule has 0 bridgehead atoms. The monoisotopic (exact) mass is 254 g/mol. The molecule has 100 valence electrons. The van der Waals surface area contributed by atoms with Crippen LogP contribution in [0.1, 0.15) is 43.7 Å². The Bertz CT molecular complexity index is 411. The molecule has 1 aliphatic rings. The lowest BCUT2D eigenvalue weighted by Crippen LogP contribution is -2.18. The van der Waals surface area contributed by atoms with Crippen molar-refractivity contribution >= 4 is 0 Å². The number of aliphatic hydroxyl groups excluding tert-OH is 1. The Hall–Kier alpha value is -0.960. The molecule has 2 rings (SSSR count). The van der Waals surface area contributed by atoms with E-state index in [0.717, 1.165) is 5.56 Å². The fourth-order valence-corrected chi connectivity index (χ4v) is 2.36. The fraction of sp³-hybridized carbons (Fsp3) is 0.600. The summed E-state index contributed by atoms with van der Waals surface area (Å²) in [6.45, 7) is 3.98. The van der Waals surface area contributed by atoms with Crippen molar-refractivity contribution in [2.75, 3.05) is 6.61 Å². The molecule has 1 atom stereocenters. The topological polar surface area (TPSA) is 20.2 Å². The van der Waals surface area contributed by atoms with Gasteiger partial charge in [0.1, 0.15) is 0 Å². The minimum Gasteiger partial charge on any atom is -0.396 e. The number of hydrogen-bond donors (Lipinski definition) is 1. The van der Waals surface area contributed by atoms with Crippen molar-refractivity contribution in [3.05, 3.63) is 35.4 Å². The van der Waals surface area contributed by atoms with E-state index in [1.165, 1.54) is 6.07 Å². The molecule has 0 heterocycles. The second kappa shape index (κ2) is 4.96. The van der Waals surface area contributed by atoms with Crippen LogP contribution >= 0.6 is 0 Å². The molecule has 18 heavy (non-hydrogen) atoms. The third kappa shape index (κ3) is 2.56. The lowest BCUT2D eigenvalue weighted by Gasteiger charge is -2.22. The summed E-state index contributed by atoms with van der Waals surface area (Å²) in [7, 11) is 0. The van der Waals surface area contributed by atoms with Crippen molar-refractivity contribution in [3.63, 3.8) is 0 Å². The molecule has 0 amide bonds. The zero-order valence-corrected chi connectivity index (χ0v) is 10.9. The fourth-order valence-electron chi connectivity index (χ4n) is 2.36. The zero-order chi connectivity index (χ0) is 13.3. The molecule has 1 aromatic rings. The summed E-state index contributed by atoms with van der Waals surface area (Å²) in [5.74, 6) is -3.04. The third-order valence-corrected chi connectivity index (χ3v) is 3.79. The molecular formula is C15H20F2O. The third-order valence-electron chi connectivity index (χ3n) is 3.79. The van der Waals surface area contributed by atoms with E-state index >= 15 is 0 Å². The van der Waals surface area contributed by atoms with E-state index < -0.39 is 11.8 Å².